The molecule has 2 aliphatic heterocycles. The van der Waals surface area contributed by atoms with Gasteiger partial charge in [-0.15, -0.1) is 0 Å². The number of ether oxygens (including phenoxy) is 1. The number of nitrogens with zero attached hydrogens (tertiary/aromatic N) is 1. The summed E-state index contributed by atoms with van der Waals surface area (Å²) in [5.41, 5.74) is 6.25. The molecular formula is C14H28N2O. The molecule has 100 valence electrons. The minimum Gasteiger partial charge on any atom is -0.381 e. The van der Waals surface area contributed by atoms with Crippen LogP contribution in [0.2, 0.25) is 0 Å². The van der Waals surface area contributed by atoms with Crippen LogP contribution in [0, 0.1) is 11.8 Å². The molecule has 2 unspecified atom stereocenters. The fourth-order valence-electron chi connectivity index (χ4n) is 3.43. The van der Waals surface area contributed by atoms with Crippen molar-refractivity contribution in [2.75, 3.05) is 32.8 Å². The summed E-state index contributed by atoms with van der Waals surface area (Å²) in [6.45, 7) is 9.70. The first-order valence-electron chi connectivity index (χ1n) is 7.23. The Bertz CT molecular complexity index is 232. The van der Waals surface area contributed by atoms with E-state index in [9.17, 15) is 0 Å². The fraction of sp³-hybridized carbons (Fsp3) is 1.00. The van der Waals surface area contributed by atoms with E-state index in [2.05, 4.69) is 18.7 Å². The van der Waals surface area contributed by atoms with Gasteiger partial charge in [0.25, 0.3) is 0 Å². The second-order valence-electron chi connectivity index (χ2n) is 5.96. The van der Waals surface area contributed by atoms with Crippen LogP contribution in [-0.4, -0.2) is 43.3 Å². The molecule has 2 fully saturated rings. The highest BCUT2D eigenvalue weighted by molar-refractivity contribution is 4.96. The number of rotatable bonds is 4. The van der Waals surface area contributed by atoms with Crippen LogP contribution in [-0.2, 0) is 4.74 Å². The third-order valence-electron chi connectivity index (χ3n) is 5.14. The summed E-state index contributed by atoms with van der Waals surface area (Å²) < 4.78 is 5.56. The van der Waals surface area contributed by atoms with Crippen molar-refractivity contribution in [1.82, 2.24) is 4.90 Å². The van der Waals surface area contributed by atoms with E-state index in [-0.39, 0.29) is 5.54 Å². The van der Waals surface area contributed by atoms with Crippen molar-refractivity contribution >= 4 is 0 Å². The van der Waals surface area contributed by atoms with Gasteiger partial charge in [0.05, 0.1) is 6.61 Å². The van der Waals surface area contributed by atoms with Crippen LogP contribution in [0.1, 0.15) is 39.5 Å². The summed E-state index contributed by atoms with van der Waals surface area (Å²) in [5.74, 6) is 1.57. The number of hydrogen-bond donors (Lipinski definition) is 1. The van der Waals surface area contributed by atoms with E-state index in [0.29, 0.717) is 5.92 Å². The van der Waals surface area contributed by atoms with Crippen molar-refractivity contribution in [2.24, 2.45) is 17.6 Å². The van der Waals surface area contributed by atoms with Crippen LogP contribution in [0.3, 0.4) is 0 Å². The van der Waals surface area contributed by atoms with Gasteiger partial charge in [-0.05, 0) is 45.2 Å². The molecule has 2 atom stereocenters. The molecule has 3 nitrogen and oxygen atoms in total. The molecule has 0 bridgehead atoms. The smallest absolute Gasteiger partial charge is 0.0513 e. The Morgan fingerprint density at radius 2 is 2.00 bits per heavy atom. The molecule has 2 N–H and O–H groups in total. The second-order valence-corrected chi connectivity index (χ2v) is 5.96. The summed E-state index contributed by atoms with van der Waals surface area (Å²) in [6, 6.07) is 0. The Kier molecular flexibility index (Phi) is 4.45. The van der Waals surface area contributed by atoms with Crippen molar-refractivity contribution in [2.45, 2.75) is 45.1 Å². The van der Waals surface area contributed by atoms with Gasteiger partial charge in [0, 0.05) is 24.6 Å². The lowest BCUT2D eigenvalue weighted by molar-refractivity contribution is 0.0182. The third kappa shape index (κ3) is 2.67. The van der Waals surface area contributed by atoms with Crippen LogP contribution < -0.4 is 5.73 Å². The zero-order valence-electron chi connectivity index (χ0n) is 11.5. The van der Waals surface area contributed by atoms with E-state index in [4.69, 9.17) is 10.5 Å². The summed E-state index contributed by atoms with van der Waals surface area (Å²) in [5, 5.41) is 0. The zero-order chi connectivity index (χ0) is 12.3. The topological polar surface area (TPSA) is 38.5 Å². The zero-order valence-corrected chi connectivity index (χ0v) is 11.5. The average molecular weight is 240 g/mol. The minimum atomic E-state index is 0.162. The molecule has 0 aromatic rings. The first-order chi connectivity index (χ1) is 8.20. The van der Waals surface area contributed by atoms with Crippen molar-refractivity contribution in [3.8, 4) is 0 Å². The SMILES string of the molecule is CCC1CCN(C(C)(CN)C2CCOC2)CC1. The molecule has 2 aliphatic rings. The molecule has 3 heteroatoms. The van der Waals surface area contributed by atoms with Gasteiger partial charge >= 0.3 is 0 Å². The Morgan fingerprint density at radius 1 is 1.29 bits per heavy atom. The molecule has 0 radical (unpaired) electrons. The van der Waals surface area contributed by atoms with Gasteiger partial charge in [0.1, 0.15) is 0 Å². The Hall–Kier alpha value is -0.120. The molecule has 0 aromatic carbocycles. The van der Waals surface area contributed by atoms with Crippen LogP contribution in [0.4, 0.5) is 0 Å². The van der Waals surface area contributed by atoms with Gasteiger partial charge < -0.3 is 10.5 Å². The lowest BCUT2D eigenvalue weighted by atomic mass is 9.81. The first kappa shape index (κ1) is 13.3. The third-order valence-corrected chi connectivity index (χ3v) is 5.14. The van der Waals surface area contributed by atoms with E-state index >= 15 is 0 Å². The Balaban J connectivity index is 1.97. The molecule has 2 saturated heterocycles. The normalized spacial score (nSPS) is 31.6. The maximum Gasteiger partial charge on any atom is 0.0513 e. The summed E-state index contributed by atoms with van der Waals surface area (Å²) in [7, 11) is 0. The lowest BCUT2D eigenvalue weighted by Gasteiger charge is -2.47. The average Bonchev–Trinajstić information content (AvgIpc) is 2.92. The molecular weight excluding hydrogens is 212 g/mol. The van der Waals surface area contributed by atoms with Crippen LogP contribution >= 0.6 is 0 Å². The van der Waals surface area contributed by atoms with Crippen LogP contribution in [0.25, 0.3) is 0 Å². The molecule has 0 aliphatic carbocycles. The Labute approximate surface area is 106 Å². The van der Waals surface area contributed by atoms with Crippen molar-refractivity contribution in [1.29, 1.82) is 0 Å². The molecule has 17 heavy (non-hydrogen) atoms. The standard InChI is InChI=1S/C14H28N2O/c1-3-12-4-7-16(8-5-12)14(2,11-15)13-6-9-17-10-13/h12-13H,3-11,15H2,1-2H3. The molecule has 0 amide bonds. The van der Waals surface area contributed by atoms with E-state index in [1.54, 1.807) is 0 Å². The van der Waals surface area contributed by atoms with Crippen molar-refractivity contribution in [3.05, 3.63) is 0 Å². The summed E-state index contributed by atoms with van der Waals surface area (Å²) in [4.78, 5) is 2.64. The van der Waals surface area contributed by atoms with Crippen LogP contribution in [0.15, 0.2) is 0 Å². The largest absolute Gasteiger partial charge is 0.381 e. The molecule has 2 rings (SSSR count). The maximum atomic E-state index is 6.09. The van der Waals surface area contributed by atoms with E-state index in [1.165, 1.54) is 38.8 Å². The number of hydrogen-bond acceptors (Lipinski definition) is 3. The number of likely N-dealkylation sites (tertiary alicyclic amines) is 1. The fourth-order valence-corrected chi connectivity index (χ4v) is 3.43. The minimum absolute atomic E-state index is 0.162. The van der Waals surface area contributed by atoms with E-state index < -0.39 is 0 Å². The first-order valence-corrected chi connectivity index (χ1v) is 7.23. The highest BCUT2D eigenvalue weighted by Gasteiger charge is 2.41. The van der Waals surface area contributed by atoms with Crippen LogP contribution in [0.5, 0.6) is 0 Å². The maximum absolute atomic E-state index is 6.09. The lowest BCUT2D eigenvalue weighted by Crippen LogP contribution is -2.58. The molecule has 2 heterocycles. The highest BCUT2D eigenvalue weighted by atomic mass is 16.5. The van der Waals surface area contributed by atoms with Gasteiger partial charge in [-0.2, -0.15) is 0 Å². The van der Waals surface area contributed by atoms with Gasteiger partial charge in [-0.1, -0.05) is 13.3 Å². The van der Waals surface area contributed by atoms with Gasteiger partial charge in [-0.3, -0.25) is 4.90 Å². The van der Waals surface area contributed by atoms with Gasteiger partial charge in [0.2, 0.25) is 0 Å². The van der Waals surface area contributed by atoms with Gasteiger partial charge in [-0.25, -0.2) is 0 Å². The van der Waals surface area contributed by atoms with Gasteiger partial charge in [0.15, 0.2) is 0 Å². The van der Waals surface area contributed by atoms with E-state index in [1.807, 2.05) is 0 Å². The quantitative estimate of drug-likeness (QED) is 0.815. The Morgan fingerprint density at radius 3 is 2.47 bits per heavy atom. The van der Waals surface area contributed by atoms with Crippen molar-refractivity contribution < 1.29 is 4.74 Å². The number of nitrogens with two attached hydrogens (primary N) is 1. The predicted octanol–water partition coefficient (Wildman–Crippen LogP) is 1.86. The van der Waals surface area contributed by atoms with E-state index in [0.717, 1.165) is 25.7 Å². The summed E-state index contributed by atoms with van der Waals surface area (Å²) in [6.07, 6.45) is 5.21. The molecule has 0 spiro atoms. The highest BCUT2D eigenvalue weighted by Crippen LogP contribution is 2.34. The monoisotopic (exact) mass is 240 g/mol. The summed E-state index contributed by atoms with van der Waals surface area (Å²) >= 11 is 0. The molecule has 0 aromatic heterocycles. The second kappa shape index (κ2) is 5.68. The predicted molar refractivity (Wildman–Crippen MR) is 71.0 cm³/mol. The van der Waals surface area contributed by atoms with Crippen molar-refractivity contribution in [3.63, 3.8) is 0 Å². The molecule has 0 saturated carbocycles. The number of piperidine rings is 1.